The fourth-order valence-corrected chi connectivity index (χ4v) is 2.36. The Morgan fingerprint density at radius 3 is 2.94 bits per heavy atom. The highest BCUT2D eigenvalue weighted by molar-refractivity contribution is 7.85. The Bertz CT molecular complexity index is 546. The van der Waals surface area contributed by atoms with E-state index >= 15 is 0 Å². The Morgan fingerprint density at radius 1 is 1.56 bits per heavy atom. The second-order valence-electron chi connectivity index (χ2n) is 4.22. The second-order valence-corrected chi connectivity index (χ2v) is 6.30. The number of halogens is 1. The number of rotatable bonds is 3. The van der Waals surface area contributed by atoms with Gasteiger partial charge >= 0.3 is 0 Å². The molecule has 0 saturated heterocycles. The smallest absolute Gasteiger partial charge is 0.264 e. The van der Waals surface area contributed by atoms with Crippen LogP contribution >= 0.6 is 11.6 Å². The van der Waals surface area contributed by atoms with E-state index < -0.39 is 10.1 Å². The molecule has 0 aliphatic carbocycles. The fourth-order valence-electron chi connectivity index (χ4n) is 1.80. The molecule has 1 aliphatic rings. The number of hydrogen-bond donors (Lipinski definition) is 0. The maximum atomic E-state index is 10.9. The summed E-state index contributed by atoms with van der Waals surface area (Å²) in [5.41, 5.74) is 0.887. The molecule has 0 saturated carbocycles. The van der Waals surface area contributed by atoms with Crippen molar-refractivity contribution < 1.29 is 17.3 Å². The molecular formula is C11H14ClNO4S. The van der Waals surface area contributed by atoms with Gasteiger partial charge in [-0.15, -0.1) is 0 Å². The van der Waals surface area contributed by atoms with E-state index in [0.29, 0.717) is 17.3 Å². The lowest BCUT2D eigenvalue weighted by Gasteiger charge is -2.33. The largest absolute Gasteiger partial charge is 0.484 e. The zero-order valence-corrected chi connectivity index (χ0v) is 11.7. The molecule has 7 heteroatoms. The molecular weight excluding hydrogens is 278 g/mol. The van der Waals surface area contributed by atoms with Crippen LogP contribution in [0.5, 0.6) is 5.75 Å². The number of hydrogen-bond acceptors (Lipinski definition) is 5. The van der Waals surface area contributed by atoms with E-state index in [0.717, 1.165) is 11.9 Å². The van der Waals surface area contributed by atoms with Crippen molar-refractivity contribution in [2.45, 2.75) is 6.10 Å². The van der Waals surface area contributed by atoms with Crippen LogP contribution in [0.3, 0.4) is 0 Å². The quantitative estimate of drug-likeness (QED) is 0.790. The predicted molar refractivity (Wildman–Crippen MR) is 69.9 cm³/mol. The zero-order chi connectivity index (χ0) is 13.3. The molecule has 1 heterocycles. The third-order valence-corrected chi connectivity index (χ3v) is 3.37. The minimum atomic E-state index is -3.44. The van der Waals surface area contributed by atoms with Gasteiger partial charge in [-0.2, -0.15) is 8.42 Å². The minimum absolute atomic E-state index is 0.00520. The van der Waals surface area contributed by atoms with Gasteiger partial charge in [0.25, 0.3) is 10.1 Å². The van der Waals surface area contributed by atoms with Crippen molar-refractivity contribution >= 4 is 27.4 Å². The van der Waals surface area contributed by atoms with E-state index in [9.17, 15) is 8.42 Å². The molecule has 1 aliphatic heterocycles. The number of benzene rings is 1. The van der Waals surface area contributed by atoms with Gasteiger partial charge in [-0.25, -0.2) is 0 Å². The molecule has 18 heavy (non-hydrogen) atoms. The van der Waals surface area contributed by atoms with Gasteiger partial charge in [-0.05, 0) is 18.2 Å². The standard InChI is InChI=1S/C11H14ClNO4S/c1-13-6-9(7-16-18(2,14)15)17-11-4-3-8(12)5-10(11)13/h3-5,9H,6-7H2,1-2H3/t9-/m1/s1. The maximum Gasteiger partial charge on any atom is 0.264 e. The van der Waals surface area contributed by atoms with Gasteiger partial charge in [0.2, 0.25) is 0 Å². The zero-order valence-electron chi connectivity index (χ0n) is 10.1. The van der Waals surface area contributed by atoms with Crippen molar-refractivity contribution in [1.29, 1.82) is 0 Å². The van der Waals surface area contributed by atoms with Gasteiger partial charge < -0.3 is 9.64 Å². The average molecular weight is 292 g/mol. The van der Waals surface area contributed by atoms with Crippen LogP contribution in [0.4, 0.5) is 5.69 Å². The van der Waals surface area contributed by atoms with Crippen LogP contribution < -0.4 is 9.64 Å². The summed E-state index contributed by atoms with van der Waals surface area (Å²) in [5, 5.41) is 0.634. The first kappa shape index (κ1) is 13.5. The average Bonchev–Trinajstić information content (AvgIpc) is 2.26. The van der Waals surface area contributed by atoms with Crippen molar-refractivity contribution in [2.24, 2.45) is 0 Å². The first-order valence-electron chi connectivity index (χ1n) is 5.37. The van der Waals surface area contributed by atoms with Gasteiger partial charge in [0, 0.05) is 12.1 Å². The van der Waals surface area contributed by atoms with Crippen molar-refractivity contribution in [3.63, 3.8) is 0 Å². The number of likely N-dealkylation sites (N-methyl/N-ethyl adjacent to an activating group) is 1. The van der Waals surface area contributed by atoms with E-state index in [1.165, 1.54) is 0 Å². The minimum Gasteiger partial charge on any atom is -0.484 e. The van der Waals surface area contributed by atoms with E-state index in [1.807, 2.05) is 18.0 Å². The molecule has 0 spiro atoms. The van der Waals surface area contributed by atoms with E-state index in [-0.39, 0.29) is 12.7 Å². The summed E-state index contributed by atoms with van der Waals surface area (Å²) in [6.45, 7) is 0.550. The molecule has 5 nitrogen and oxygen atoms in total. The van der Waals surface area contributed by atoms with Crippen molar-refractivity contribution in [3.8, 4) is 5.75 Å². The van der Waals surface area contributed by atoms with Crippen LogP contribution in [0.25, 0.3) is 0 Å². The number of fused-ring (bicyclic) bond motifs is 1. The third-order valence-electron chi connectivity index (χ3n) is 2.57. The lowest BCUT2D eigenvalue weighted by atomic mass is 10.2. The molecule has 0 bridgehead atoms. The van der Waals surface area contributed by atoms with Gasteiger partial charge in [0.1, 0.15) is 18.5 Å². The van der Waals surface area contributed by atoms with Gasteiger partial charge in [-0.3, -0.25) is 4.18 Å². The van der Waals surface area contributed by atoms with Crippen molar-refractivity contribution in [2.75, 3.05) is 31.4 Å². The van der Waals surface area contributed by atoms with Crippen LogP contribution in [0, 0.1) is 0 Å². The first-order valence-corrected chi connectivity index (χ1v) is 7.56. The maximum absolute atomic E-state index is 10.9. The molecule has 0 amide bonds. The van der Waals surface area contributed by atoms with E-state index in [1.54, 1.807) is 12.1 Å². The summed E-state index contributed by atoms with van der Waals surface area (Å²) in [5.74, 6) is 0.676. The van der Waals surface area contributed by atoms with E-state index in [4.69, 9.17) is 20.5 Å². The molecule has 0 fully saturated rings. The monoisotopic (exact) mass is 291 g/mol. The lowest BCUT2D eigenvalue weighted by molar-refractivity contribution is 0.130. The molecule has 2 rings (SSSR count). The lowest BCUT2D eigenvalue weighted by Crippen LogP contribution is -2.40. The molecule has 1 atom stereocenters. The fraction of sp³-hybridized carbons (Fsp3) is 0.455. The first-order chi connectivity index (χ1) is 8.35. The third kappa shape index (κ3) is 3.28. The summed E-state index contributed by atoms with van der Waals surface area (Å²) in [6, 6.07) is 5.30. The second kappa shape index (κ2) is 4.95. The van der Waals surface area contributed by atoms with Crippen molar-refractivity contribution in [3.05, 3.63) is 23.2 Å². The van der Waals surface area contributed by atoms with Gasteiger partial charge in [0.15, 0.2) is 0 Å². The topological polar surface area (TPSA) is 55.8 Å². The Hall–Kier alpha value is -0.980. The van der Waals surface area contributed by atoms with Crippen molar-refractivity contribution in [1.82, 2.24) is 0 Å². The summed E-state index contributed by atoms with van der Waals surface area (Å²) < 4.78 is 32.3. The van der Waals surface area contributed by atoms with Crippen LogP contribution in [0.2, 0.25) is 5.02 Å². The Balaban J connectivity index is 2.11. The normalized spacial score (nSPS) is 19.3. The SMILES string of the molecule is CN1C[C@H](COS(C)(=O)=O)Oc2ccc(Cl)cc21. The Morgan fingerprint density at radius 2 is 2.28 bits per heavy atom. The number of anilines is 1. The number of ether oxygens (including phenoxy) is 1. The summed E-state index contributed by atoms with van der Waals surface area (Å²) in [7, 11) is -1.55. The van der Waals surface area contributed by atoms with Crippen LogP contribution in [0.1, 0.15) is 0 Å². The molecule has 1 aromatic carbocycles. The Kier molecular flexibility index (Phi) is 3.70. The summed E-state index contributed by atoms with van der Waals surface area (Å²) in [4.78, 5) is 1.96. The highest BCUT2D eigenvalue weighted by Gasteiger charge is 2.24. The molecule has 1 aromatic rings. The molecule has 0 aromatic heterocycles. The molecule has 0 N–H and O–H groups in total. The Labute approximate surface area is 111 Å². The van der Waals surface area contributed by atoms with Crippen LogP contribution in [-0.2, 0) is 14.3 Å². The van der Waals surface area contributed by atoms with Gasteiger partial charge in [-0.1, -0.05) is 11.6 Å². The van der Waals surface area contributed by atoms with E-state index in [2.05, 4.69) is 0 Å². The summed E-state index contributed by atoms with van der Waals surface area (Å²) >= 11 is 5.91. The predicted octanol–water partition coefficient (Wildman–Crippen LogP) is 1.51. The molecule has 0 radical (unpaired) electrons. The molecule has 100 valence electrons. The van der Waals surface area contributed by atoms with Crippen LogP contribution in [0.15, 0.2) is 18.2 Å². The highest BCUT2D eigenvalue weighted by atomic mass is 35.5. The van der Waals surface area contributed by atoms with Gasteiger partial charge in [0.05, 0.1) is 18.5 Å². The van der Waals surface area contributed by atoms with Crippen LogP contribution in [-0.4, -0.2) is 41.0 Å². The molecule has 0 unspecified atom stereocenters. The highest BCUT2D eigenvalue weighted by Crippen LogP contribution is 2.34. The summed E-state index contributed by atoms with van der Waals surface area (Å²) in [6.07, 6.45) is 0.700. The number of nitrogens with zero attached hydrogens (tertiary/aromatic N) is 1.